The second-order valence-corrected chi connectivity index (χ2v) is 5.39. The predicted octanol–water partition coefficient (Wildman–Crippen LogP) is 3.10. The van der Waals surface area contributed by atoms with Gasteiger partial charge in [-0.25, -0.2) is 4.79 Å². The van der Waals surface area contributed by atoms with Gasteiger partial charge in [-0.2, -0.15) is 0 Å². The SMILES string of the molecule is CCN(CC1CCCO1)c1ccc(C=CC(=O)O)c(C)c1. The summed E-state index contributed by atoms with van der Waals surface area (Å²) in [5, 5.41) is 8.70. The summed E-state index contributed by atoms with van der Waals surface area (Å²) in [5.74, 6) is -0.924. The van der Waals surface area contributed by atoms with Crippen molar-refractivity contribution in [3.63, 3.8) is 0 Å². The number of ether oxygens (including phenoxy) is 1. The molecule has 0 radical (unpaired) electrons. The average Bonchev–Trinajstić information content (AvgIpc) is 2.96. The van der Waals surface area contributed by atoms with Crippen molar-refractivity contribution in [2.75, 3.05) is 24.6 Å². The first-order valence-electron chi connectivity index (χ1n) is 7.48. The highest BCUT2D eigenvalue weighted by Crippen LogP contribution is 2.22. The minimum Gasteiger partial charge on any atom is -0.478 e. The molecule has 1 fully saturated rings. The zero-order chi connectivity index (χ0) is 15.2. The Morgan fingerprint density at radius 1 is 1.52 bits per heavy atom. The normalized spacial score (nSPS) is 18.3. The van der Waals surface area contributed by atoms with E-state index < -0.39 is 5.97 Å². The topological polar surface area (TPSA) is 49.8 Å². The molecule has 1 aromatic carbocycles. The van der Waals surface area contributed by atoms with Crippen LogP contribution < -0.4 is 4.90 Å². The van der Waals surface area contributed by atoms with Crippen LogP contribution in [0.5, 0.6) is 0 Å². The molecule has 0 amide bonds. The van der Waals surface area contributed by atoms with Crippen LogP contribution in [-0.4, -0.2) is 36.9 Å². The van der Waals surface area contributed by atoms with Gasteiger partial charge in [-0.15, -0.1) is 0 Å². The number of hydrogen-bond donors (Lipinski definition) is 1. The summed E-state index contributed by atoms with van der Waals surface area (Å²) in [5.41, 5.74) is 3.18. The summed E-state index contributed by atoms with van der Waals surface area (Å²) in [6.07, 6.45) is 5.43. The Morgan fingerprint density at radius 3 is 2.90 bits per heavy atom. The van der Waals surface area contributed by atoms with Gasteiger partial charge in [0.2, 0.25) is 0 Å². The second-order valence-electron chi connectivity index (χ2n) is 5.39. The highest BCUT2D eigenvalue weighted by atomic mass is 16.5. The van der Waals surface area contributed by atoms with Crippen LogP contribution in [0.2, 0.25) is 0 Å². The van der Waals surface area contributed by atoms with Gasteiger partial charge in [0.1, 0.15) is 0 Å². The molecule has 0 saturated carbocycles. The van der Waals surface area contributed by atoms with Crippen molar-refractivity contribution in [3.05, 3.63) is 35.4 Å². The second kappa shape index (κ2) is 7.27. The smallest absolute Gasteiger partial charge is 0.328 e. The molecule has 0 aromatic heterocycles. The quantitative estimate of drug-likeness (QED) is 0.818. The van der Waals surface area contributed by atoms with Crippen LogP contribution in [-0.2, 0) is 9.53 Å². The fourth-order valence-electron chi connectivity index (χ4n) is 2.66. The zero-order valence-electron chi connectivity index (χ0n) is 12.7. The molecule has 114 valence electrons. The van der Waals surface area contributed by atoms with E-state index in [1.807, 2.05) is 19.1 Å². The van der Waals surface area contributed by atoms with E-state index in [9.17, 15) is 4.79 Å². The largest absolute Gasteiger partial charge is 0.478 e. The molecule has 1 aromatic rings. The number of carbonyl (C=O) groups is 1. The number of aryl methyl sites for hydroxylation is 1. The van der Waals surface area contributed by atoms with Gasteiger partial charge in [0.15, 0.2) is 0 Å². The maximum absolute atomic E-state index is 10.6. The number of aliphatic carboxylic acids is 1. The lowest BCUT2D eigenvalue weighted by Gasteiger charge is -2.26. The van der Waals surface area contributed by atoms with E-state index in [2.05, 4.69) is 17.9 Å². The summed E-state index contributed by atoms with van der Waals surface area (Å²) in [6.45, 7) is 6.87. The van der Waals surface area contributed by atoms with E-state index >= 15 is 0 Å². The number of anilines is 1. The number of likely N-dealkylation sites (N-methyl/N-ethyl adjacent to an activating group) is 1. The van der Waals surface area contributed by atoms with Crippen molar-refractivity contribution < 1.29 is 14.6 Å². The van der Waals surface area contributed by atoms with Crippen molar-refractivity contribution in [1.29, 1.82) is 0 Å². The lowest BCUT2D eigenvalue weighted by molar-refractivity contribution is -0.131. The molecule has 0 spiro atoms. The van der Waals surface area contributed by atoms with Crippen LogP contribution in [0, 0.1) is 6.92 Å². The molecular weight excluding hydrogens is 266 g/mol. The Hall–Kier alpha value is -1.81. The molecular formula is C17H23NO3. The molecule has 1 N–H and O–H groups in total. The molecule has 0 bridgehead atoms. The predicted molar refractivity (Wildman–Crippen MR) is 84.7 cm³/mol. The summed E-state index contributed by atoms with van der Waals surface area (Å²) >= 11 is 0. The summed E-state index contributed by atoms with van der Waals surface area (Å²) in [6, 6.07) is 6.13. The van der Waals surface area contributed by atoms with E-state index in [0.717, 1.165) is 49.4 Å². The van der Waals surface area contributed by atoms with E-state index in [4.69, 9.17) is 9.84 Å². The zero-order valence-corrected chi connectivity index (χ0v) is 12.7. The maximum Gasteiger partial charge on any atom is 0.328 e. The summed E-state index contributed by atoms with van der Waals surface area (Å²) < 4.78 is 5.71. The number of hydrogen-bond acceptors (Lipinski definition) is 3. The summed E-state index contributed by atoms with van der Waals surface area (Å²) in [7, 11) is 0. The van der Waals surface area contributed by atoms with Crippen LogP contribution in [0.25, 0.3) is 6.08 Å². The highest BCUT2D eigenvalue weighted by Gasteiger charge is 2.18. The first-order valence-corrected chi connectivity index (χ1v) is 7.48. The number of rotatable bonds is 6. The fourth-order valence-corrected chi connectivity index (χ4v) is 2.66. The van der Waals surface area contributed by atoms with E-state index in [1.165, 1.54) is 6.08 Å². The molecule has 1 aliphatic heterocycles. The van der Waals surface area contributed by atoms with Crippen molar-refractivity contribution in [1.82, 2.24) is 0 Å². The molecule has 1 aliphatic rings. The Bertz CT molecular complexity index is 519. The molecule has 0 aliphatic carbocycles. The standard InChI is InChI=1S/C17H23NO3/c1-3-18(12-16-5-4-10-21-16)15-8-6-14(13(2)11-15)7-9-17(19)20/h6-9,11,16H,3-5,10,12H2,1-2H3,(H,19,20). The number of benzene rings is 1. The average molecular weight is 289 g/mol. The van der Waals surface area contributed by atoms with Gasteiger partial charge in [-0.1, -0.05) is 6.07 Å². The molecule has 2 rings (SSSR count). The van der Waals surface area contributed by atoms with Crippen LogP contribution >= 0.6 is 0 Å². The third kappa shape index (κ3) is 4.33. The number of nitrogens with zero attached hydrogens (tertiary/aromatic N) is 1. The molecule has 1 unspecified atom stereocenters. The van der Waals surface area contributed by atoms with Crippen LogP contribution in [0.1, 0.15) is 30.9 Å². The Balaban J connectivity index is 2.11. The minimum atomic E-state index is -0.924. The van der Waals surface area contributed by atoms with Crippen molar-refractivity contribution in [2.45, 2.75) is 32.8 Å². The lowest BCUT2D eigenvalue weighted by Crippen LogP contribution is -2.32. The monoisotopic (exact) mass is 289 g/mol. The molecule has 4 heteroatoms. The van der Waals surface area contributed by atoms with Gasteiger partial charge in [0.25, 0.3) is 0 Å². The van der Waals surface area contributed by atoms with Crippen molar-refractivity contribution in [2.24, 2.45) is 0 Å². The number of carboxylic acid groups (broad SMARTS) is 1. The van der Waals surface area contributed by atoms with Gasteiger partial charge >= 0.3 is 5.97 Å². The van der Waals surface area contributed by atoms with Crippen LogP contribution in [0.3, 0.4) is 0 Å². The molecule has 1 saturated heterocycles. The van der Waals surface area contributed by atoms with Gasteiger partial charge < -0.3 is 14.7 Å². The van der Waals surface area contributed by atoms with Gasteiger partial charge in [0.05, 0.1) is 6.10 Å². The highest BCUT2D eigenvalue weighted by molar-refractivity contribution is 5.85. The first-order chi connectivity index (χ1) is 10.1. The van der Waals surface area contributed by atoms with E-state index in [0.29, 0.717) is 6.10 Å². The summed E-state index contributed by atoms with van der Waals surface area (Å²) in [4.78, 5) is 12.9. The fraction of sp³-hybridized carbons (Fsp3) is 0.471. The van der Waals surface area contributed by atoms with E-state index in [1.54, 1.807) is 6.08 Å². The van der Waals surface area contributed by atoms with Gasteiger partial charge in [0, 0.05) is 31.5 Å². The third-order valence-electron chi connectivity index (χ3n) is 3.85. The maximum atomic E-state index is 10.6. The molecule has 1 heterocycles. The van der Waals surface area contributed by atoms with Gasteiger partial charge in [-0.3, -0.25) is 0 Å². The molecule has 21 heavy (non-hydrogen) atoms. The Kier molecular flexibility index (Phi) is 5.39. The Labute approximate surface area is 126 Å². The Morgan fingerprint density at radius 2 is 2.33 bits per heavy atom. The van der Waals surface area contributed by atoms with Crippen molar-refractivity contribution in [3.8, 4) is 0 Å². The third-order valence-corrected chi connectivity index (χ3v) is 3.85. The minimum absolute atomic E-state index is 0.330. The molecule has 4 nitrogen and oxygen atoms in total. The van der Waals surface area contributed by atoms with E-state index in [-0.39, 0.29) is 0 Å². The number of carboxylic acids is 1. The first kappa shape index (κ1) is 15.6. The lowest BCUT2D eigenvalue weighted by atomic mass is 10.1. The van der Waals surface area contributed by atoms with Crippen LogP contribution in [0.4, 0.5) is 5.69 Å². The van der Waals surface area contributed by atoms with Gasteiger partial charge in [-0.05, 0) is 56.0 Å². The van der Waals surface area contributed by atoms with Crippen LogP contribution in [0.15, 0.2) is 24.3 Å². The van der Waals surface area contributed by atoms with Crippen molar-refractivity contribution >= 4 is 17.7 Å². The molecule has 1 atom stereocenters.